The van der Waals surface area contributed by atoms with Crippen LogP contribution in [0.3, 0.4) is 0 Å². The highest BCUT2D eigenvalue weighted by Crippen LogP contribution is 2.21. The number of benzene rings is 1. The minimum Gasteiger partial charge on any atom is -0.481 e. The van der Waals surface area contributed by atoms with E-state index in [0.29, 0.717) is 12.8 Å². The third-order valence-electron chi connectivity index (χ3n) is 8.28. The molecule has 0 aliphatic rings. The fourth-order valence-corrected chi connectivity index (χ4v) is 6.14. The van der Waals surface area contributed by atoms with Crippen molar-refractivity contribution in [3.05, 3.63) is 52.0 Å². The molecule has 1 aromatic heterocycles. The number of aromatic nitrogens is 1. The predicted octanol–water partition coefficient (Wildman–Crippen LogP) is 4.57. The number of rotatable bonds is 21. The zero-order valence-electron chi connectivity index (χ0n) is 28.9. The maximum atomic E-state index is 13.6. The number of unbranched alkanes of at least 4 members (excludes halogenated alkanes) is 2. The van der Waals surface area contributed by atoms with Crippen LogP contribution in [-0.4, -0.2) is 83.2 Å². The number of nitrogens with zero attached hydrogens (tertiary/aromatic N) is 2. The molecule has 47 heavy (non-hydrogen) atoms. The minimum atomic E-state index is -0.945. The maximum absolute atomic E-state index is 13.6. The number of carboxylic acid groups (broad SMARTS) is 1. The van der Waals surface area contributed by atoms with Gasteiger partial charge in [0, 0.05) is 37.4 Å². The first kappa shape index (κ1) is 39.5. The molecule has 1 aromatic carbocycles. The number of likely N-dealkylation sites (N-methyl/N-ethyl adjacent to an activating group) is 1. The summed E-state index contributed by atoms with van der Waals surface area (Å²) in [7, 11) is 3.55. The molecule has 0 spiro atoms. The van der Waals surface area contributed by atoms with E-state index in [1.165, 1.54) is 5.38 Å². The van der Waals surface area contributed by atoms with Gasteiger partial charge in [-0.15, -0.1) is 11.3 Å². The molecule has 0 aliphatic heterocycles. The van der Waals surface area contributed by atoms with Gasteiger partial charge in [0.05, 0.1) is 5.92 Å². The number of amides is 3. The molecular weight excluding hydrogens is 618 g/mol. The Hall–Kier alpha value is -3.64. The molecule has 11 nitrogen and oxygen atoms in total. The number of hydrogen-bond acceptors (Lipinski definition) is 8. The van der Waals surface area contributed by atoms with Crippen molar-refractivity contribution in [2.24, 2.45) is 17.8 Å². The summed E-state index contributed by atoms with van der Waals surface area (Å²) in [5, 5.41) is 20.0. The molecule has 2 rings (SSSR count). The number of hydrogen-bond donors (Lipinski definition) is 4. The summed E-state index contributed by atoms with van der Waals surface area (Å²) in [4.78, 5) is 70.3. The number of ketones is 1. The number of Topliss-reactive ketones (excluding diaryl/α,β-unsaturated/α-hetero) is 1. The van der Waals surface area contributed by atoms with E-state index in [1.54, 1.807) is 18.9 Å². The molecule has 4 atom stereocenters. The van der Waals surface area contributed by atoms with Crippen molar-refractivity contribution in [1.82, 2.24) is 25.8 Å². The molecule has 0 saturated carbocycles. The summed E-state index contributed by atoms with van der Waals surface area (Å²) in [6, 6.07) is 7.87. The Kier molecular flexibility index (Phi) is 16.7. The number of carbonyl (C=O) groups is 5. The van der Waals surface area contributed by atoms with Crippen molar-refractivity contribution in [2.75, 3.05) is 20.6 Å². The van der Waals surface area contributed by atoms with E-state index in [2.05, 4.69) is 20.9 Å². The van der Waals surface area contributed by atoms with E-state index in [1.807, 2.05) is 65.1 Å². The van der Waals surface area contributed by atoms with Crippen LogP contribution in [0.2, 0.25) is 0 Å². The van der Waals surface area contributed by atoms with Crippen LogP contribution in [0.5, 0.6) is 0 Å². The second-order valence-electron chi connectivity index (χ2n) is 13.0. The van der Waals surface area contributed by atoms with E-state index in [-0.39, 0.29) is 53.0 Å². The van der Waals surface area contributed by atoms with Gasteiger partial charge in [-0.3, -0.25) is 24.0 Å². The summed E-state index contributed by atoms with van der Waals surface area (Å²) >= 11 is 1.06. The fraction of sp³-hybridized carbons (Fsp3) is 0.600. The fourth-order valence-electron chi connectivity index (χ4n) is 5.39. The first-order chi connectivity index (χ1) is 22.2. The lowest BCUT2D eigenvalue weighted by molar-refractivity contribution is -0.141. The zero-order valence-corrected chi connectivity index (χ0v) is 29.7. The third kappa shape index (κ3) is 13.2. The van der Waals surface area contributed by atoms with E-state index < -0.39 is 35.9 Å². The average molecular weight is 672 g/mol. The summed E-state index contributed by atoms with van der Waals surface area (Å²) in [5.41, 5.74) is 1.04. The third-order valence-corrected chi connectivity index (χ3v) is 9.17. The number of aliphatic carboxylic acids is 1. The van der Waals surface area contributed by atoms with Gasteiger partial charge in [0.25, 0.3) is 5.91 Å². The van der Waals surface area contributed by atoms with Crippen LogP contribution >= 0.6 is 11.3 Å². The molecule has 4 N–H and O–H groups in total. The normalized spacial score (nSPS) is 13.9. The first-order valence-electron chi connectivity index (χ1n) is 16.5. The molecule has 2 aromatic rings. The second kappa shape index (κ2) is 19.9. The molecule has 260 valence electrons. The summed E-state index contributed by atoms with van der Waals surface area (Å²) in [5.74, 6) is -3.02. The molecule has 0 fully saturated rings. The zero-order chi connectivity index (χ0) is 35.1. The molecule has 0 saturated heterocycles. The Morgan fingerprint density at radius 3 is 2.21 bits per heavy atom. The Bertz CT molecular complexity index is 1310. The van der Waals surface area contributed by atoms with Gasteiger partial charge < -0.3 is 26.0 Å². The van der Waals surface area contributed by atoms with Crippen molar-refractivity contribution < 1.29 is 29.1 Å². The lowest BCUT2D eigenvalue weighted by atomic mass is 9.95. The van der Waals surface area contributed by atoms with Crippen molar-refractivity contribution in [3.8, 4) is 0 Å². The van der Waals surface area contributed by atoms with Crippen molar-refractivity contribution in [2.45, 2.75) is 97.7 Å². The van der Waals surface area contributed by atoms with Crippen LogP contribution in [0.15, 0.2) is 35.7 Å². The summed E-state index contributed by atoms with van der Waals surface area (Å²) < 4.78 is 0. The van der Waals surface area contributed by atoms with Gasteiger partial charge in [-0.05, 0) is 56.7 Å². The van der Waals surface area contributed by atoms with Gasteiger partial charge in [-0.1, -0.05) is 71.4 Å². The van der Waals surface area contributed by atoms with Crippen molar-refractivity contribution >= 4 is 40.8 Å². The minimum absolute atomic E-state index is 0.00542. The Morgan fingerprint density at radius 2 is 1.62 bits per heavy atom. The van der Waals surface area contributed by atoms with Gasteiger partial charge in [0.2, 0.25) is 11.8 Å². The number of thiazole rings is 1. The number of nitrogens with one attached hydrogen (secondary N) is 3. The van der Waals surface area contributed by atoms with Gasteiger partial charge in [-0.2, -0.15) is 0 Å². The highest BCUT2D eigenvalue weighted by Gasteiger charge is 2.33. The molecule has 0 unspecified atom stereocenters. The molecule has 0 bridgehead atoms. The van der Waals surface area contributed by atoms with Crippen molar-refractivity contribution in [3.63, 3.8) is 0 Å². The molecular formula is C35H53N5O6S. The van der Waals surface area contributed by atoms with Crippen molar-refractivity contribution in [1.29, 1.82) is 0 Å². The first-order valence-corrected chi connectivity index (χ1v) is 17.4. The van der Waals surface area contributed by atoms with Crippen LogP contribution < -0.4 is 16.0 Å². The SMILES string of the molecule is CNCCCCCC(=O)N[C@H](C(=O)N(C)[C@H](CC(=O)c1nc(C(=O)N[C@@H](Cc2ccccc2)C[C@H](C)C(=O)O)cs1)C(C)C)C(C)C. The largest absolute Gasteiger partial charge is 0.481 e. The highest BCUT2D eigenvalue weighted by molar-refractivity contribution is 7.11. The van der Waals surface area contributed by atoms with Gasteiger partial charge in [0.1, 0.15) is 11.7 Å². The van der Waals surface area contributed by atoms with E-state index in [0.717, 1.165) is 42.7 Å². The van der Waals surface area contributed by atoms with Gasteiger partial charge >= 0.3 is 5.97 Å². The molecule has 3 amide bonds. The van der Waals surface area contributed by atoms with Crippen LogP contribution in [0.1, 0.15) is 99.0 Å². The predicted molar refractivity (Wildman–Crippen MR) is 184 cm³/mol. The molecule has 1 heterocycles. The van der Waals surface area contributed by atoms with Crippen LogP contribution in [0.4, 0.5) is 0 Å². The monoisotopic (exact) mass is 671 g/mol. The average Bonchev–Trinajstić information content (AvgIpc) is 3.52. The lowest BCUT2D eigenvalue weighted by Gasteiger charge is -2.34. The smallest absolute Gasteiger partial charge is 0.306 e. The second-order valence-corrected chi connectivity index (χ2v) is 13.8. The summed E-state index contributed by atoms with van der Waals surface area (Å²) in [6.07, 6.45) is 3.68. The van der Waals surface area contributed by atoms with Crippen LogP contribution in [0.25, 0.3) is 0 Å². The van der Waals surface area contributed by atoms with E-state index >= 15 is 0 Å². The molecule has 12 heteroatoms. The van der Waals surface area contributed by atoms with E-state index in [9.17, 15) is 29.1 Å². The quantitative estimate of drug-likeness (QED) is 0.111. The number of carboxylic acids is 1. The lowest BCUT2D eigenvalue weighted by Crippen LogP contribution is -2.54. The van der Waals surface area contributed by atoms with E-state index in [4.69, 9.17) is 0 Å². The molecule has 0 radical (unpaired) electrons. The highest BCUT2D eigenvalue weighted by atomic mass is 32.1. The van der Waals surface area contributed by atoms with Gasteiger partial charge in [0.15, 0.2) is 10.8 Å². The Labute approximate surface area is 283 Å². The number of carbonyl (C=O) groups excluding carboxylic acids is 4. The topological polar surface area (TPSA) is 158 Å². The van der Waals surface area contributed by atoms with Gasteiger partial charge in [-0.25, -0.2) is 4.98 Å². The summed E-state index contributed by atoms with van der Waals surface area (Å²) in [6.45, 7) is 10.1. The van der Waals surface area contributed by atoms with Crippen LogP contribution in [-0.2, 0) is 20.8 Å². The Balaban J connectivity index is 2.09. The van der Waals surface area contributed by atoms with Crippen LogP contribution in [0, 0.1) is 17.8 Å². The maximum Gasteiger partial charge on any atom is 0.306 e. The Morgan fingerprint density at radius 1 is 0.936 bits per heavy atom. The molecule has 0 aliphatic carbocycles. The standard InChI is InChI=1S/C35H53N5O6S/c1-22(2)28(40(7)34(44)31(23(3)4)39-30(42)16-12-9-13-17-36-6)20-29(41)33-38-27(21-47-33)32(43)37-26(18-24(5)35(45)46)19-25-14-10-8-11-15-25/h8,10-11,14-15,21-24,26,28,31,36H,9,12-13,16-20H2,1-7H3,(H,37,43)(H,39,42)(H,45,46)/t24-,26+,28+,31-/m0/s1.